The molecular formula is C29H37N3O6. The first-order valence-electron chi connectivity index (χ1n) is 13.0. The number of aryl methyl sites for hydroxylation is 1. The standard InChI is InChI=1S/C29H37N3O6/c1-5-16-37-23-13-10-21(17-19(23)4)27(34)25-26(20-8-11-22(12-9-20)38-18-24(30)33)32(29(36)28(25)35)15-14-31(6-2)7-3/h8-13,17,26,34H,5-7,14-16,18H2,1-4H3,(H2,30,33)/b27-25+. The number of rotatable bonds is 13. The molecule has 2 amide bonds. The Morgan fingerprint density at radius 1 is 1.05 bits per heavy atom. The van der Waals surface area contributed by atoms with E-state index in [0.29, 0.717) is 42.3 Å². The summed E-state index contributed by atoms with van der Waals surface area (Å²) in [6.07, 6.45) is 0.866. The van der Waals surface area contributed by atoms with Gasteiger partial charge in [0, 0.05) is 18.7 Å². The van der Waals surface area contributed by atoms with Crippen LogP contribution in [0.4, 0.5) is 0 Å². The summed E-state index contributed by atoms with van der Waals surface area (Å²) in [5.41, 5.74) is 7.06. The molecule has 0 aliphatic carbocycles. The van der Waals surface area contributed by atoms with Crippen molar-refractivity contribution < 1.29 is 29.0 Å². The lowest BCUT2D eigenvalue weighted by molar-refractivity contribution is -0.140. The SMILES string of the molecule is CCCOc1ccc(/C(O)=C2\C(=O)C(=O)N(CCN(CC)CC)C2c2ccc(OCC(N)=O)cc2)cc1C. The van der Waals surface area contributed by atoms with Crippen LogP contribution in [0.2, 0.25) is 0 Å². The number of primary amides is 1. The van der Waals surface area contributed by atoms with Gasteiger partial charge >= 0.3 is 0 Å². The van der Waals surface area contributed by atoms with Gasteiger partial charge in [0.05, 0.1) is 18.2 Å². The van der Waals surface area contributed by atoms with E-state index >= 15 is 0 Å². The number of ketones is 1. The molecule has 1 saturated heterocycles. The average Bonchev–Trinajstić information content (AvgIpc) is 3.16. The zero-order chi connectivity index (χ0) is 27.8. The zero-order valence-electron chi connectivity index (χ0n) is 22.5. The lowest BCUT2D eigenvalue weighted by Crippen LogP contribution is -2.38. The minimum absolute atomic E-state index is 0.0296. The van der Waals surface area contributed by atoms with E-state index in [2.05, 4.69) is 4.90 Å². The number of carbonyl (C=O) groups is 3. The van der Waals surface area contributed by atoms with E-state index in [1.807, 2.05) is 27.7 Å². The lowest BCUT2D eigenvalue weighted by atomic mass is 9.94. The molecule has 0 saturated carbocycles. The molecule has 1 fully saturated rings. The number of Topliss-reactive ketones (excluding diaryl/α,β-unsaturated/α-hetero) is 1. The van der Waals surface area contributed by atoms with Crippen molar-refractivity contribution in [1.82, 2.24) is 9.80 Å². The third-order valence-electron chi connectivity index (χ3n) is 6.58. The van der Waals surface area contributed by atoms with Crippen molar-refractivity contribution in [3.63, 3.8) is 0 Å². The number of nitrogens with zero attached hydrogens (tertiary/aromatic N) is 2. The Balaban J connectivity index is 2.04. The van der Waals surface area contributed by atoms with E-state index < -0.39 is 23.6 Å². The summed E-state index contributed by atoms with van der Waals surface area (Å²) >= 11 is 0. The highest BCUT2D eigenvalue weighted by atomic mass is 16.5. The first kappa shape index (κ1) is 28.7. The highest BCUT2D eigenvalue weighted by Gasteiger charge is 2.46. The van der Waals surface area contributed by atoms with Gasteiger partial charge in [-0.3, -0.25) is 14.4 Å². The molecule has 3 N–H and O–H groups in total. The second-order valence-corrected chi connectivity index (χ2v) is 9.17. The predicted octanol–water partition coefficient (Wildman–Crippen LogP) is 3.41. The number of aliphatic hydroxyl groups is 1. The smallest absolute Gasteiger partial charge is 0.295 e. The number of hydrogen-bond donors (Lipinski definition) is 2. The van der Waals surface area contributed by atoms with Gasteiger partial charge in [-0.25, -0.2) is 0 Å². The topological polar surface area (TPSA) is 122 Å². The van der Waals surface area contributed by atoms with Gasteiger partial charge in [0.2, 0.25) is 0 Å². The van der Waals surface area contributed by atoms with Gasteiger partial charge in [0.15, 0.2) is 6.61 Å². The number of amides is 2. The predicted molar refractivity (Wildman–Crippen MR) is 145 cm³/mol. The zero-order valence-corrected chi connectivity index (χ0v) is 22.5. The van der Waals surface area contributed by atoms with Crippen LogP contribution in [0.15, 0.2) is 48.0 Å². The molecule has 0 spiro atoms. The lowest BCUT2D eigenvalue weighted by Gasteiger charge is -2.28. The number of likely N-dealkylation sites (N-methyl/N-ethyl adjacent to an activating group) is 1. The summed E-state index contributed by atoms with van der Waals surface area (Å²) in [7, 11) is 0. The molecule has 2 aromatic rings. The molecule has 204 valence electrons. The van der Waals surface area contributed by atoms with Gasteiger partial charge in [0.1, 0.15) is 17.3 Å². The maximum Gasteiger partial charge on any atom is 0.295 e. The normalized spacial score (nSPS) is 16.8. The highest BCUT2D eigenvalue weighted by Crippen LogP contribution is 2.40. The van der Waals surface area contributed by atoms with Crippen LogP contribution < -0.4 is 15.2 Å². The van der Waals surface area contributed by atoms with Gasteiger partial charge in [-0.1, -0.05) is 32.9 Å². The minimum atomic E-state index is -0.785. The van der Waals surface area contributed by atoms with Crippen molar-refractivity contribution in [3.8, 4) is 11.5 Å². The summed E-state index contributed by atoms with van der Waals surface area (Å²) in [6.45, 7) is 10.8. The van der Waals surface area contributed by atoms with E-state index in [1.165, 1.54) is 4.90 Å². The van der Waals surface area contributed by atoms with E-state index in [9.17, 15) is 19.5 Å². The van der Waals surface area contributed by atoms with Crippen molar-refractivity contribution in [2.75, 3.05) is 39.4 Å². The van der Waals surface area contributed by atoms with Crippen LogP contribution in [0, 0.1) is 6.92 Å². The first-order chi connectivity index (χ1) is 18.2. The Bertz CT molecular complexity index is 1190. The molecule has 0 radical (unpaired) electrons. The van der Waals surface area contributed by atoms with Crippen LogP contribution in [0.5, 0.6) is 11.5 Å². The largest absolute Gasteiger partial charge is 0.507 e. The van der Waals surface area contributed by atoms with Gasteiger partial charge in [-0.15, -0.1) is 0 Å². The number of ether oxygens (including phenoxy) is 2. The fourth-order valence-corrected chi connectivity index (χ4v) is 4.47. The van der Waals surface area contributed by atoms with Crippen LogP contribution in [0.3, 0.4) is 0 Å². The molecule has 1 unspecified atom stereocenters. The number of likely N-dealkylation sites (tertiary alicyclic amines) is 1. The molecule has 1 heterocycles. The maximum absolute atomic E-state index is 13.3. The minimum Gasteiger partial charge on any atom is -0.507 e. The average molecular weight is 524 g/mol. The van der Waals surface area contributed by atoms with Gasteiger partial charge in [0.25, 0.3) is 17.6 Å². The van der Waals surface area contributed by atoms with Crippen molar-refractivity contribution in [2.45, 2.75) is 40.2 Å². The van der Waals surface area contributed by atoms with Gasteiger partial charge < -0.3 is 30.1 Å². The second kappa shape index (κ2) is 13.1. The van der Waals surface area contributed by atoms with Gasteiger partial charge in [-0.05, 0) is 67.9 Å². The highest BCUT2D eigenvalue weighted by molar-refractivity contribution is 6.46. The number of hydrogen-bond acceptors (Lipinski definition) is 7. The summed E-state index contributed by atoms with van der Waals surface area (Å²) in [5, 5.41) is 11.4. The summed E-state index contributed by atoms with van der Waals surface area (Å²) < 4.78 is 11.1. The Morgan fingerprint density at radius 3 is 2.32 bits per heavy atom. The van der Waals surface area contributed by atoms with E-state index in [-0.39, 0.29) is 17.9 Å². The first-order valence-corrected chi connectivity index (χ1v) is 13.0. The van der Waals surface area contributed by atoms with Crippen LogP contribution in [0.25, 0.3) is 5.76 Å². The monoisotopic (exact) mass is 523 g/mol. The molecule has 1 aliphatic heterocycles. The molecule has 1 atom stereocenters. The van der Waals surface area contributed by atoms with Gasteiger partial charge in [-0.2, -0.15) is 0 Å². The van der Waals surface area contributed by atoms with Crippen LogP contribution in [-0.4, -0.2) is 71.9 Å². The molecule has 9 nitrogen and oxygen atoms in total. The Kier molecular flexibility index (Phi) is 9.90. The summed E-state index contributed by atoms with van der Waals surface area (Å²) in [6, 6.07) is 11.1. The fourth-order valence-electron chi connectivity index (χ4n) is 4.47. The molecule has 3 rings (SSSR count). The third-order valence-corrected chi connectivity index (χ3v) is 6.58. The molecule has 2 aromatic carbocycles. The van der Waals surface area contributed by atoms with Crippen molar-refractivity contribution in [2.24, 2.45) is 5.73 Å². The van der Waals surface area contributed by atoms with E-state index in [1.54, 1.807) is 42.5 Å². The third kappa shape index (κ3) is 6.52. The van der Waals surface area contributed by atoms with Crippen molar-refractivity contribution in [3.05, 3.63) is 64.7 Å². The Morgan fingerprint density at radius 2 is 1.74 bits per heavy atom. The molecule has 1 aliphatic rings. The van der Waals surface area contributed by atoms with E-state index in [0.717, 1.165) is 25.1 Å². The number of nitrogens with two attached hydrogens (primary N) is 1. The van der Waals surface area contributed by atoms with Crippen LogP contribution in [-0.2, 0) is 14.4 Å². The molecule has 0 aromatic heterocycles. The summed E-state index contributed by atoms with van der Waals surface area (Å²) in [4.78, 5) is 41.3. The molecule has 0 bridgehead atoms. The Hall–Kier alpha value is -3.85. The fraction of sp³-hybridized carbons (Fsp3) is 0.414. The number of aliphatic hydroxyl groups excluding tert-OH is 1. The number of carbonyl (C=O) groups excluding carboxylic acids is 3. The Labute approximate surface area is 223 Å². The number of benzene rings is 2. The molecule has 38 heavy (non-hydrogen) atoms. The second-order valence-electron chi connectivity index (χ2n) is 9.17. The van der Waals surface area contributed by atoms with Crippen molar-refractivity contribution in [1.29, 1.82) is 0 Å². The van der Waals surface area contributed by atoms with Crippen LogP contribution in [0.1, 0.15) is 49.9 Å². The van der Waals surface area contributed by atoms with Crippen LogP contribution >= 0.6 is 0 Å². The quantitative estimate of drug-likeness (QED) is 0.234. The summed E-state index contributed by atoms with van der Waals surface area (Å²) in [5.74, 6) is -1.10. The molecular weight excluding hydrogens is 486 g/mol. The molecule has 9 heteroatoms. The van der Waals surface area contributed by atoms with Crippen molar-refractivity contribution >= 4 is 23.4 Å². The maximum atomic E-state index is 13.3. The van der Waals surface area contributed by atoms with E-state index in [4.69, 9.17) is 15.2 Å².